The molecule has 1 aromatic rings. The number of rotatable bonds is 23. The van der Waals surface area contributed by atoms with Crippen molar-refractivity contribution < 1.29 is 53.7 Å². The number of hydrogen-bond donors (Lipinski definition) is 12. The van der Waals surface area contributed by atoms with Gasteiger partial charge in [0, 0.05) is 25.9 Å². The maximum atomic E-state index is 13.7. The highest BCUT2D eigenvalue weighted by Gasteiger charge is 2.39. The molecule has 0 aromatic heterocycles. The monoisotopic (exact) mass is 819 g/mol. The Balaban J connectivity index is 2.24. The van der Waals surface area contributed by atoms with Gasteiger partial charge in [0.05, 0.1) is 12.1 Å². The Labute approximate surface area is 335 Å². The fourth-order valence-corrected chi connectivity index (χ4v) is 5.89. The van der Waals surface area contributed by atoms with E-state index in [0.29, 0.717) is 12.0 Å². The van der Waals surface area contributed by atoms with Crippen molar-refractivity contribution in [3.05, 3.63) is 29.8 Å². The highest BCUT2D eigenvalue weighted by molar-refractivity contribution is 5.98. The van der Waals surface area contributed by atoms with Gasteiger partial charge in [-0.3, -0.25) is 43.3 Å². The number of aromatic hydroxyl groups is 1. The number of carbonyl (C=O) groups is 8. The van der Waals surface area contributed by atoms with Gasteiger partial charge in [0.25, 0.3) is 0 Å². The summed E-state index contributed by atoms with van der Waals surface area (Å²) in [6.45, 7) is 6.07. The van der Waals surface area contributed by atoms with Crippen molar-refractivity contribution >= 4 is 53.3 Å². The summed E-state index contributed by atoms with van der Waals surface area (Å²) in [5, 5.41) is 42.0. The molecule has 0 saturated carbocycles. The van der Waals surface area contributed by atoms with Crippen LogP contribution >= 0.6 is 0 Å². The Morgan fingerprint density at radius 3 is 1.97 bits per heavy atom. The van der Waals surface area contributed by atoms with E-state index in [0.717, 1.165) is 0 Å². The maximum Gasteiger partial charge on any atom is 0.303 e. The molecule has 0 spiro atoms. The summed E-state index contributed by atoms with van der Waals surface area (Å²) in [5.41, 5.74) is 22.5. The van der Waals surface area contributed by atoms with E-state index in [1.54, 1.807) is 13.8 Å². The number of nitrogens with two attached hydrogens (primary N) is 4. The van der Waals surface area contributed by atoms with Crippen LogP contribution in [0.3, 0.4) is 0 Å². The molecule has 1 saturated heterocycles. The average molecular weight is 820 g/mol. The molecule has 1 aliphatic heterocycles. The number of phenols is 1. The lowest BCUT2D eigenvalue weighted by Gasteiger charge is -2.29. The minimum absolute atomic E-state index is 0.0491. The zero-order chi connectivity index (χ0) is 43.9. The largest absolute Gasteiger partial charge is 0.508 e. The van der Waals surface area contributed by atoms with Crippen molar-refractivity contribution in [2.75, 3.05) is 13.1 Å². The predicted octanol–water partition coefficient (Wildman–Crippen LogP) is -4.25. The average Bonchev–Trinajstić information content (AvgIpc) is 3.50. The second kappa shape index (κ2) is 22.6. The van der Waals surface area contributed by atoms with Crippen LogP contribution in [0.5, 0.6) is 5.75 Å². The number of amides is 7. The van der Waals surface area contributed by atoms with Gasteiger partial charge < -0.3 is 69.7 Å². The Morgan fingerprint density at radius 1 is 0.828 bits per heavy atom. The molecule has 1 fully saturated rings. The van der Waals surface area contributed by atoms with E-state index in [2.05, 4.69) is 31.6 Å². The highest BCUT2D eigenvalue weighted by atomic mass is 16.4. The van der Waals surface area contributed by atoms with E-state index < -0.39 is 114 Å². The lowest BCUT2D eigenvalue weighted by atomic mass is 10.00. The molecular formula is C36H57N11O11. The van der Waals surface area contributed by atoms with Crippen LogP contribution in [0.15, 0.2) is 29.3 Å². The molecule has 16 N–H and O–H groups in total. The standard InChI is InChI=1S/C36H57N11O11/c1-17(2)27(33(56)42-23(11-12-26(50)51)31(54)43-24-13-15-47(35(24)58)18(3)29(38)52)45-34(57)28(19(4)48)46-32(55)25(16-20-7-9-21(49)10-8-20)44-30(53)22(37)6-5-14-41-36(39)40/h7-10,17-19,22-25,27-28,48-49H,5-6,11-16,37H2,1-4H3,(H2,38,52)(H,42,56)(H,43,54)(H,44,53)(H,45,57)(H,46,55)(H,50,51)(H4,39,40,41). The quantitative estimate of drug-likeness (QED) is 0.0283. The number of primary amides is 1. The van der Waals surface area contributed by atoms with Gasteiger partial charge >= 0.3 is 5.97 Å². The smallest absolute Gasteiger partial charge is 0.303 e. The van der Waals surface area contributed by atoms with Gasteiger partial charge in [0.15, 0.2) is 5.96 Å². The van der Waals surface area contributed by atoms with Gasteiger partial charge in [0.2, 0.25) is 41.4 Å². The van der Waals surface area contributed by atoms with Crippen molar-refractivity contribution in [2.45, 2.75) is 115 Å². The number of carboxylic acid groups (broad SMARTS) is 1. The molecule has 7 amide bonds. The van der Waals surface area contributed by atoms with Crippen molar-refractivity contribution in [1.29, 1.82) is 0 Å². The number of aliphatic hydroxyl groups is 1. The van der Waals surface area contributed by atoms with Gasteiger partial charge in [-0.05, 0) is 63.1 Å². The summed E-state index contributed by atoms with van der Waals surface area (Å²) < 4.78 is 0. The van der Waals surface area contributed by atoms with Gasteiger partial charge in [-0.2, -0.15) is 0 Å². The summed E-state index contributed by atoms with van der Waals surface area (Å²) in [6, 6.07) is -3.23. The maximum absolute atomic E-state index is 13.7. The predicted molar refractivity (Wildman–Crippen MR) is 208 cm³/mol. The highest BCUT2D eigenvalue weighted by Crippen LogP contribution is 2.16. The Bertz CT molecular complexity index is 1670. The molecule has 0 bridgehead atoms. The molecule has 2 rings (SSSR count). The number of hydrogen-bond acceptors (Lipinski definition) is 12. The molecule has 58 heavy (non-hydrogen) atoms. The van der Waals surface area contributed by atoms with E-state index in [1.165, 1.54) is 43.0 Å². The van der Waals surface area contributed by atoms with Gasteiger partial charge in [-0.15, -0.1) is 0 Å². The normalized spacial score (nSPS) is 17.4. The fourth-order valence-electron chi connectivity index (χ4n) is 5.89. The number of carbonyl (C=O) groups excluding carboxylic acids is 7. The van der Waals surface area contributed by atoms with E-state index in [-0.39, 0.29) is 44.1 Å². The number of nitrogens with zero attached hydrogens (tertiary/aromatic N) is 2. The van der Waals surface area contributed by atoms with Crippen LogP contribution in [0, 0.1) is 5.92 Å². The number of nitrogens with one attached hydrogen (secondary N) is 5. The van der Waals surface area contributed by atoms with Gasteiger partial charge in [-0.1, -0.05) is 26.0 Å². The molecule has 8 atom stereocenters. The Morgan fingerprint density at radius 2 is 1.41 bits per heavy atom. The number of benzene rings is 1. The zero-order valence-electron chi connectivity index (χ0n) is 33.0. The van der Waals surface area contributed by atoms with Crippen LogP contribution in [0.4, 0.5) is 0 Å². The first-order valence-electron chi connectivity index (χ1n) is 18.7. The third-order valence-electron chi connectivity index (χ3n) is 9.34. The number of aliphatic hydroxyl groups excluding tert-OH is 1. The van der Waals surface area contributed by atoms with E-state index in [9.17, 15) is 53.7 Å². The van der Waals surface area contributed by atoms with Crippen LogP contribution < -0.4 is 49.5 Å². The number of aliphatic imine (C=N–C) groups is 1. The number of likely N-dealkylation sites (tertiary alicyclic amines) is 1. The topological polar surface area (TPSA) is 377 Å². The fraction of sp³-hybridized carbons (Fsp3) is 0.583. The number of carboxylic acids is 1. The number of aliphatic carboxylic acids is 1. The van der Waals surface area contributed by atoms with Gasteiger partial charge in [0.1, 0.15) is 42.0 Å². The first-order chi connectivity index (χ1) is 27.1. The molecule has 8 unspecified atom stereocenters. The molecule has 0 aliphatic carbocycles. The SMILES string of the molecule is CC(C)C(NC(=O)C(NC(=O)C(Cc1ccc(O)cc1)NC(=O)C(N)CCCN=C(N)N)C(C)O)C(=O)NC(CCC(=O)O)C(=O)NC1CCN(C(C)C(N)=O)C1=O. The van der Waals surface area contributed by atoms with Crippen molar-refractivity contribution in [3.63, 3.8) is 0 Å². The zero-order valence-corrected chi connectivity index (χ0v) is 33.0. The van der Waals surface area contributed by atoms with E-state index in [4.69, 9.17) is 22.9 Å². The van der Waals surface area contributed by atoms with Crippen molar-refractivity contribution in [2.24, 2.45) is 33.8 Å². The molecule has 1 aliphatic rings. The first kappa shape index (κ1) is 48.1. The molecule has 322 valence electrons. The second-order valence-corrected chi connectivity index (χ2v) is 14.4. The Hall–Kier alpha value is -6.03. The molecule has 22 nitrogen and oxygen atoms in total. The minimum Gasteiger partial charge on any atom is -0.508 e. The molecular weight excluding hydrogens is 762 g/mol. The Kier molecular flexibility index (Phi) is 18.8. The first-order valence-corrected chi connectivity index (χ1v) is 18.7. The van der Waals surface area contributed by atoms with Crippen LogP contribution in [0.2, 0.25) is 0 Å². The summed E-state index contributed by atoms with van der Waals surface area (Å²) >= 11 is 0. The van der Waals surface area contributed by atoms with E-state index >= 15 is 0 Å². The molecule has 1 heterocycles. The lowest BCUT2D eigenvalue weighted by Crippen LogP contribution is -2.62. The van der Waals surface area contributed by atoms with Gasteiger partial charge in [-0.25, -0.2) is 0 Å². The van der Waals surface area contributed by atoms with Crippen LogP contribution in [0.25, 0.3) is 0 Å². The molecule has 1 aromatic carbocycles. The summed E-state index contributed by atoms with van der Waals surface area (Å²) in [6.07, 6.45) is -2.00. The van der Waals surface area contributed by atoms with Crippen molar-refractivity contribution in [1.82, 2.24) is 31.5 Å². The molecule has 0 radical (unpaired) electrons. The summed E-state index contributed by atoms with van der Waals surface area (Å²) in [4.78, 5) is 108. The third kappa shape index (κ3) is 15.1. The lowest BCUT2D eigenvalue weighted by molar-refractivity contribution is -0.140. The minimum atomic E-state index is -1.68. The molecule has 22 heteroatoms. The van der Waals surface area contributed by atoms with Crippen LogP contribution in [-0.4, -0.2) is 135 Å². The van der Waals surface area contributed by atoms with E-state index in [1.807, 2.05) is 0 Å². The second-order valence-electron chi connectivity index (χ2n) is 14.4. The van der Waals surface area contributed by atoms with Crippen LogP contribution in [-0.2, 0) is 44.8 Å². The summed E-state index contributed by atoms with van der Waals surface area (Å²) in [7, 11) is 0. The number of phenolic OH excluding ortho intramolecular Hbond substituents is 1. The summed E-state index contributed by atoms with van der Waals surface area (Å²) in [5.74, 6) is -7.90. The van der Waals surface area contributed by atoms with Crippen molar-refractivity contribution in [3.8, 4) is 5.75 Å². The van der Waals surface area contributed by atoms with Crippen LogP contribution in [0.1, 0.15) is 65.4 Å². The number of guanidine groups is 1. The third-order valence-corrected chi connectivity index (χ3v) is 9.34.